The second-order valence-corrected chi connectivity index (χ2v) is 92.0. The van der Waals surface area contributed by atoms with Gasteiger partial charge in [0.2, 0.25) is 0 Å². The smallest absolute Gasteiger partial charge is 0.462 e. The fourth-order valence-electron chi connectivity index (χ4n) is 5.41. The molecule has 0 aliphatic heterocycles. The van der Waals surface area contributed by atoms with Gasteiger partial charge < -0.3 is 41.8 Å². The monoisotopic (exact) mass is 984 g/mol. The quantitative estimate of drug-likeness (QED) is 0.0362. The van der Waals surface area contributed by atoms with Gasteiger partial charge in [0.1, 0.15) is 25.2 Å². The Hall–Kier alpha value is 1.67. The van der Waals surface area contributed by atoms with Crippen molar-refractivity contribution in [2.75, 3.05) is 6.61 Å². The van der Waals surface area contributed by atoms with E-state index in [1.54, 1.807) is 6.92 Å². The Kier molecular flexibility index (Phi) is 20.6. The van der Waals surface area contributed by atoms with Crippen molar-refractivity contribution in [1.29, 1.82) is 0 Å². The molecule has 0 aromatic rings. The molecule has 0 unspecified atom stereocenters. The highest BCUT2D eigenvalue weighted by molar-refractivity contribution is 7.75. The lowest BCUT2D eigenvalue weighted by Gasteiger charge is -2.49. The summed E-state index contributed by atoms with van der Waals surface area (Å²) >= 11 is 0. The van der Waals surface area contributed by atoms with E-state index in [-0.39, 0.29) is 12.6 Å². The van der Waals surface area contributed by atoms with Gasteiger partial charge in [-0.3, -0.25) is 0 Å². The molecule has 0 aliphatic carbocycles. The van der Waals surface area contributed by atoms with Crippen LogP contribution in [0.2, 0.25) is 157 Å². The highest BCUT2D eigenvalue weighted by Gasteiger charge is 2.62. The van der Waals surface area contributed by atoms with Gasteiger partial charge in [-0.2, -0.15) is 0 Å². The first kappa shape index (κ1) is 55.7. The first-order valence-electron chi connectivity index (χ1n) is 19.5. The Morgan fingerprint density at radius 3 is 0.944 bits per heavy atom. The molecule has 0 aliphatic rings. The average molecular weight is 986 g/mol. The molecule has 0 fully saturated rings. The summed E-state index contributed by atoms with van der Waals surface area (Å²) in [4.78, 5) is 12.5. The van der Waals surface area contributed by atoms with Gasteiger partial charge in [-0.25, -0.2) is 4.79 Å². The van der Waals surface area contributed by atoms with Gasteiger partial charge in [-0.15, -0.1) is 0 Å². The molecule has 0 bridgehead atoms. The van der Waals surface area contributed by atoms with Gasteiger partial charge in [-0.1, -0.05) is 12.6 Å². The van der Waals surface area contributed by atoms with Gasteiger partial charge in [-0.05, 0) is 164 Å². The lowest BCUT2D eigenvalue weighted by atomic mass is 10.4. The highest BCUT2D eigenvalue weighted by atomic mass is 29.9. The van der Waals surface area contributed by atoms with Crippen molar-refractivity contribution in [3.05, 3.63) is 12.2 Å². The lowest BCUT2D eigenvalue weighted by Crippen LogP contribution is -2.76. The van der Waals surface area contributed by atoms with Crippen molar-refractivity contribution in [2.45, 2.75) is 170 Å². The van der Waals surface area contributed by atoms with E-state index in [9.17, 15) is 4.79 Å². The summed E-state index contributed by atoms with van der Waals surface area (Å²) in [6.07, 6.45) is 0.670. The maximum absolute atomic E-state index is 12.5. The zero-order chi connectivity index (χ0) is 43.3. The molecule has 0 heterocycles. The number of ether oxygens (including phenoxy) is 1. The molecule has 54 heavy (non-hydrogen) atoms. The summed E-state index contributed by atoms with van der Waals surface area (Å²) in [6.45, 7) is 54.0. The molecule has 0 N–H and O–H groups in total. The highest BCUT2D eigenvalue weighted by Crippen LogP contribution is 2.34. The van der Waals surface area contributed by atoms with Crippen molar-refractivity contribution in [3.8, 4) is 0 Å². The van der Waals surface area contributed by atoms with Crippen LogP contribution in [-0.2, 0) is 46.6 Å². The van der Waals surface area contributed by atoms with E-state index >= 15 is 0 Å². The molecule has 0 spiro atoms. The maximum Gasteiger partial charge on any atom is 0.636 e. The molecule has 24 heteroatoms. The Morgan fingerprint density at radius 2 is 0.722 bits per heavy atom. The third-order valence-electron chi connectivity index (χ3n) is 6.86. The van der Waals surface area contributed by atoms with Gasteiger partial charge in [0, 0.05) is 5.57 Å². The number of esters is 1. The Bertz CT molecular complexity index is 1070. The number of carbonyl (C=O) groups excluding carboxylic acids is 1. The fourth-order valence-corrected chi connectivity index (χ4v) is 84.6. The standard InChI is InChI=1S/C30H84O11Si13/c1-29(2)30(31)32-27-26-28-52(51(24,25)35-44(3,4)5,42-33-53(36-45(6,7)8,37-46(9,10)11)38-47(12,13)14)43-34-54(39-48(15,16)17,40-49(18,19)20)41-50(21,22)23/h1,26-28,42-43H2,2-25H3. The first-order chi connectivity index (χ1) is 23.4. The zero-order valence-electron chi connectivity index (χ0n) is 39.2. The van der Waals surface area contributed by atoms with E-state index in [1.165, 1.54) is 0 Å². The van der Waals surface area contributed by atoms with E-state index in [2.05, 4.69) is 157 Å². The summed E-state index contributed by atoms with van der Waals surface area (Å²) in [7, 11) is -28.3. The van der Waals surface area contributed by atoms with E-state index < -0.39 is 109 Å². The number of rotatable bonds is 26. The van der Waals surface area contributed by atoms with Crippen molar-refractivity contribution in [1.82, 2.24) is 0 Å². The fraction of sp³-hybridized carbons (Fsp3) is 0.900. The molecule has 0 saturated heterocycles. The van der Waals surface area contributed by atoms with Crippen LogP contribution in [0.5, 0.6) is 0 Å². The summed E-state index contributed by atoms with van der Waals surface area (Å²) in [5.74, 6) is -0.372. The number of carbonyl (C=O) groups is 1. The molecule has 0 radical (unpaired) electrons. The van der Waals surface area contributed by atoms with Crippen LogP contribution in [0.4, 0.5) is 0 Å². The first-order valence-corrected chi connectivity index (χ1v) is 58.5. The molecule has 0 amide bonds. The van der Waals surface area contributed by atoms with Crippen LogP contribution in [0.15, 0.2) is 12.2 Å². The van der Waals surface area contributed by atoms with Crippen molar-refractivity contribution in [3.63, 3.8) is 0 Å². The summed E-state index contributed by atoms with van der Waals surface area (Å²) < 4.78 is 70.6. The van der Waals surface area contributed by atoms with Crippen LogP contribution < -0.4 is 0 Å². The molecule has 11 nitrogen and oxygen atoms in total. The predicted octanol–water partition coefficient (Wildman–Crippen LogP) is 8.25. The van der Waals surface area contributed by atoms with Crippen LogP contribution >= 0.6 is 0 Å². The number of hydrogen-bond donors (Lipinski definition) is 0. The molecular weight excluding hydrogens is 901 g/mol. The molecule has 0 aromatic heterocycles. The van der Waals surface area contributed by atoms with Crippen LogP contribution in [0.25, 0.3) is 0 Å². The minimum Gasteiger partial charge on any atom is -0.462 e. The van der Waals surface area contributed by atoms with Crippen LogP contribution in [0.3, 0.4) is 0 Å². The SMILES string of the molecule is C=C(C)C(=O)OCCC[Si]([SiH2]O[Si](O[Si](C)(C)C)(O[Si](C)(C)C)O[Si](C)(C)C)([SiH2]O[Si](O[Si](C)(C)C)(O[Si](C)(C)C)O[Si](C)(C)C)[Si](C)(C)O[Si](C)(C)C. The van der Waals surface area contributed by atoms with Gasteiger partial charge in [0.25, 0.3) is 0 Å². The van der Waals surface area contributed by atoms with Crippen molar-refractivity contribution in [2.24, 2.45) is 0 Å². The summed E-state index contributed by atoms with van der Waals surface area (Å²) in [5.41, 5.74) is 0.392. The third kappa shape index (κ3) is 24.1. The molecule has 0 saturated carbocycles. The summed E-state index contributed by atoms with van der Waals surface area (Å²) in [6, 6.07) is 0.827. The minimum atomic E-state index is -3.65. The Morgan fingerprint density at radius 1 is 0.463 bits per heavy atom. The van der Waals surface area contributed by atoms with Crippen LogP contribution in [-0.4, -0.2) is 122 Å². The normalized spacial score (nSPS) is 16.4. The van der Waals surface area contributed by atoms with Crippen LogP contribution in [0, 0.1) is 0 Å². The topological polar surface area (TPSA) is 109 Å². The maximum atomic E-state index is 12.5. The second-order valence-electron chi connectivity index (χ2n) is 21.9. The lowest BCUT2D eigenvalue weighted by molar-refractivity contribution is -0.138. The zero-order valence-corrected chi connectivity index (χ0v) is 53.1. The average Bonchev–Trinajstić information content (AvgIpc) is 2.79. The Balaban J connectivity index is 7.98. The van der Waals surface area contributed by atoms with Crippen molar-refractivity contribution < 1.29 is 46.6 Å². The molecular formula is C30H84O11Si13. The van der Waals surface area contributed by atoms with E-state index in [1.807, 2.05) is 0 Å². The molecule has 0 rings (SSSR count). The molecule has 0 aromatic carbocycles. The van der Waals surface area contributed by atoms with Crippen LogP contribution in [0.1, 0.15) is 13.3 Å². The minimum absolute atomic E-state index is 0.288. The van der Waals surface area contributed by atoms with Gasteiger partial charge in [0.15, 0.2) is 66.1 Å². The molecule has 322 valence electrons. The van der Waals surface area contributed by atoms with Gasteiger partial charge in [0.05, 0.1) is 6.61 Å². The third-order valence-corrected chi connectivity index (χ3v) is 80.0. The largest absolute Gasteiger partial charge is 0.636 e. The van der Waals surface area contributed by atoms with Crippen molar-refractivity contribution >= 4 is 115 Å². The van der Waals surface area contributed by atoms with Gasteiger partial charge >= 0.3 is 24.1 Å². The summed E-state index contributed by atoms with van der Waals surface area (Å²) in [5, 5.41) is 0. The van der Waals surface area contributed by atoms with E-state index in [0.717, 1.165) is 6.04 Å². The number of hydrogen-bond acceptors (Lipinski definition) is 11. The second kappa shape index (κ2) is 20.0. The van der Waals surface area contributed by atoms with E-state index in [4.69, 9.17) is 41.8 Å². The Labute approximate surface area is 348 Å². The predicted molar refractivity (Wildman–Crippen MR) is 260 cm³/mol. The molecule has 0 atom stereocenters. The van der Waals surface area contributed by atoms with E-state index in [0.29, 0.717) is 12.0 Å².